The Balaban J connectivity index is 2.00. The van der Waals surface area contributed by atoms with Crippen LogP contribution in [0, 0.1) is 12.3 Å². The zero-order valence-electron chi connectivity index (χ0n) is 12.9. The smallest absolute Gasteiger partial charge is 0.263 e. The first-order valence-electron chi connectivity index (χ1n) is 7.26. The summed E-state index contributed by atoms with van der Waals surface area (Å²) in [6.45, 7) is 7.88. The molecule has 2 atom stereocenters. The molecule has 0 aromatic heterocycles. The molecule has 2 unspecified atom stereocenters. The zero-order chi connectivity index (χ0) is 15.6. The highest BCUT2D eigenvalue weighted by atomic mass is 35.5. The molecular weight excluding hydrogens is 288 g/mol. The molecule has 0 saturated carbocycles. The molecule has 116 valence electrons. The number of likely N-dealkylation sites (tertiary alicyclic amines) is 1. The lowest BCUT2D eigenvalue weighted by atomic mass is 9.90. The number of nitrogens with zero attached hydrogens (tertiary/aromatic N) is 1. The van der Waals surface area contributed by atoms with Crippen LogP contribution in [0.5, 0.6) is 5.75 Å². The predicted octanol–water partition coefficient (Wildman–Crippen LogP) is 2.61. The van der Waals surface area contributed by atoms with Gasteiger partial charge in [-0.05, 0) is 56.0 Å². The van der Waals surface area contributed by atoms with E-state index in [-0.39, 0.29) is 11.3 Å². The summed E-state index contributed by atoms with van der Waals surface area (Å²) < 4.78 is 5.80. The largest absolute Gasteiger partial charge is 0.481 e. The summed E-state index contributed by atoms with van der Waals surface area (Å²) in [4.78, 5) is 14.3. The molecule has 2 N–H and O–H groups in total. The Morgan fingerprint density at radius 1 is 1.57 bits per heavy atom. The Hall–Kier alpha value is -1.26. The number of rotatable bonds is 4. The van der Waals surface area contributed by atoms with Crippen LogP contribution in [0.25, 0.3) is 0 Å². The molecule has 1 heterocycles. The van der Waals surface area contributed by atoms with Crippen LogP contribution < -0.4 is 10.5 Å². The van der Waals surface area contributed by atoms with Crippen molar-refractivity contribution in [2.75, 3.05) is 19.6 Å². The van der Waals surface area contributed by atoms with Gasteiger partial charge in [-0.3, -0.25) is 4.79 Å². The highest BCUT2D eigenvalue weighted by molar-refractivity contribution is 6.30. The Labute approximate surface area is 131 Å². The number of carbonyl (C=O) groups excluding carboxylic acids is 1. The Morgan fingerprint density at radius 2 is 2.29 bits per heavy atom. The number of amides is 1. The molecule has 4 nitrogen and oxygen atoms in total. The number of carbonyl (C=O) groups is 1. The Kier molecular flexibility index (Phi) is 4.79. The lowest BCUT2D eigenvalue weighted by molar-refractivity contribution is -0.137. The van der Waals surface area contributed by atoms with Gasteiger partial charge in [-0.2, -0.15) is 0 Å². The number of aryl methyl sites for hydroxylation is 1. The molecule has 1 aliphatic rings. The number of halogens is 1. The fraction of sp³-hybridized carbons (Fsp3) is 0.562. The fourth-order valence-electron chi connectivity index (χ4n) is 2.62. The van der Waals surface area contributed by atoms with Gasteiger partial charge in [0.1, 0.15) is 5.75 Å². The van der Waals surface area contributed by atoms with E-state index in [9.17, 15) is 4.79 Å². The molecule has 1 aromatic carbocycles. The van der Waals surface area contributed by atoms with Gasteiger partial charge in [0.05, 0.1) is 0 Å². The maximum Gasteiger partial charge on any atom is 0.263 e. The zero-order valence-corrected chi connectivity index (χ0v) is 13.6. The third-order valence-corrected chi connectivity index (χ3v) is 4.39. The lowest BCUT2D eigenvalue weighted by Gasteiger charge is -2.25. The van der Waals surface area contributed by atoms with Gasteiger partial charge in [-0.1, -0.05) is 18.5 Å². The van der Waals surface area contributed by atoms with Crippen molar-refractivity contribution in [3.63, 3.8) is 0 Å². The predicted molar refractivity (Wildman–Crippen MR) is 84.6 cm³/mol. The summed E-state index contributed by atoms with van der Waals surface area (Å²) in [5.74, 6) is 0.711. The molecule has 21 heavy (non-hydrogen) atoms. The second kappa shape index (κ2) is 6.24. The molecule has 2 rings (SSSR count). The average Bonchev–Trinajstić information content (AvgIpc) is 2.84. The van der Waals surface area contributed by atoms with Crippen molar-refractivity contribution in [3.8, 4) is 5.75 Å². The number of nitrogens with two attached hydrogens (primary N) is 1. The number of hydrogen-bond acceptors (Lipinski definition) is 3. The van der Waals surface area contributed by atoms with Crippen molar-refractivity contribution in [1.29, 1.82) is 0 Å². The molecule has 1 saturated heterocycles. The fourth-order valence-corrected chi connectivity index (χ4v) is 2.85. The van der Waals surface area contributed by atoms with Crippen LogP contribution in [-0.2, 0) is 4.79 Å². The Morgan fingerprint density at radius 3 is 2.86 bits per heavy atom. The van der Waals surface area contributed by atoms with Gasteiger partial charge >= 0.3 is 0 Å². The van der Waals surface area contributed by atoms with Crippen molar-refractivity contribution >= 4 is 17.5 Å². The van der Waals surface area contributed by atoms with Crippen LogP contribution in [0.15, 0.2) is 18.2 Å². The summed E-state index contributed by atoms with van der Waals surface area (Å²) >= 11 is 5.92. The second-order valence-electron chi connectivity index (χ2n) is 6.19. The van der Waals surface area contributed by atoms with Crippen LogP contribution in [0.1, 0.15) is 25.8 Å². The third kappa shape index (κ3) is 3.69. The number of benzene rings is 1. The standard InChI is InChI=1S/C16H23ClN2O2/c1-11-8-13(17)4-5-14(11)21-12(2)15(20)19-7-6-16(3,9-18)10-19/h4-5,8,12H,6-7,9-10,18H2,1-3H3. The average molecular weight is 311 g/mol. The van der Waals surface area contributed by atoms with Gasteiger partial charge in [0.2, 0.25) is 0 Å². The van der Waals surface area contributed by atoms with E-state index >= 15 is 0 Å². The summed E-state index contributed by atoms with van der Waals surface area (Å²) in [6, 6.07) is 5.40. The molecule has 1 aromatic rings. The van der Waals surface area contributed by atoms with Crippen molar-refractivity contribution in [2.24, 2.45) is 11.1 Å². The van der Waals surface area contributed by atoms with E-state index in [1.54, 1.807) is 19.1 Å². The molecule has 0 spiro atoms. The molecule has 0 bridgehead atoms. The number of ether oxygens (including phenoxy) is 1. The molecule has 1 fully saturated rings. The summed E-state index contributed by atoms with van der Waals surface area (Å²) in [7, 11) is 0. The summed E-state index contributed by atoms with van der Waals surface area (Å²) in [6.07, 6.45) is 0.437. The van der Waals surface area contributed by atoms with E-state index in [0.717, 1.165) is 18.5 Å². The molecule has 0 radical (unpaired) electrons. The van der Waals surface area contributed by atoms with Crippen molar-refractivity contribution in [1.82, 2.24) is 4.90 Å². The first-order valence-corrected chi connectivity index (χ1v) is 7.64. The first-order chi connectivity index (χ1) is 9.84. The Bertz CT molecular complexity index is 535. The minimum atomic E-state index is -0.509. The molecule has 1 amide bonds. The van der Waals surface area contributed by atoms with Crippen LogP contribution in [-0.4, -0.2) is 36.5 Å². The van der Waals surface area contributed by atoms with E-state index in [2.05, 4.69) is 6.92 Å². The normalized spacial score (nSPS) is 23.2. The summed E-state index contributed by atoms with van der Waals surface area (Å²) in [5, 5.41) is 0.664. The second-order valence-corrected chi connectivity index (χ2v) is 6.63. The van der Waals surface area contributed by atoms with Crippen molar-refractivity contribution in [2.45, 2.75) is 33.3 Å². The van der Waals surface area contributed by atoms with Gasteiger partial charge in [0, 0.05) is 18.1 Å². The van der Waals surface area contributed by atoms with Gasteiger partial charge in [-0.15, -0.1) is 0 Å². The SMILES string of the molecule is Cc1cc(Cl)ccc1OC(C)C(=O)N1CCC(C)(CN)C1. The topological polar surface area (TPSA) is 55.6 Å². The van der Waals surface area contributed by atoms with Crippen LogP contribution in [0.3, 0.4) is 0 Å². The lowest BCUT2D eigenvalue weighted by Crippen LogP contribution is -2.41. The van der Waals surface area contributed by atoms with E-state index in [4.69, 9.17) is 22.1 Å². The maximum absolute atomic E-state index is 12.5. The van der Waals surface area contributed by atoms with Gasteiger partial charge in [0.25, 0.3) is 5.91 Å². The van der Waals surface area contributed by atoms with E-state index < -0.39 is 6.10 Å². The number of hydrogen-bond donors (Lipinski definition) is 1. The molecule has 1 aliphatic heterocycles. The van der Waals surface area contributed by atoms with Crippen LogP contribution in [0.4, 0.5) is 0 Å². The van der Waals surface area contributed by atoms with Crippen molar-refractivity contribution < 1.29 is 9.53 Å². The van der Waals surface area contributed by atoms with Gasteiger partial charge < -0.3 is 15.4 Å². The minimum absolute atomic E-state index is 0.0153. The van der Waals surface area contributed by atoms with Crippen LogP contribution in [0.2, 0.25) is 5.02 Å². The third-order valence-electron chi connectivity index (χ3n) is 4.15. The van der Waals surface area contributed by atoms with E-state index in [1.807, 2.05) is 17.9 Å². The highest BCUT2D eigenvalue weighted by Gasteiger charge is 2.36. The summed E-state index contributed by atoms with van der Waals surface area (Å²) in [5.41, 5.74) is 6.74. The molecular formula is C16H23ClN2O2. The monoisotopic (exact) mass is 310 g/mol. The maximum atomic E-state index is 12.5. The molecule has 5 heteroatoms. The van der Waals surface area contributed by atoms with Gasteiger partial charge in [-0.25, -0.2) is 0 Å². The van der Waals surface area contributed by atoms with Gasteiger partial charge in [0.15, 0.2) is 6.10 Å². The van der Waals surface area contributed by atoms with Crippen LogP contribution >= 0.6 is 11.6 Å². The van der Waals surface area contributed by atoms with E-state index in [0.29, 0.717) is 23.9 Å². The molecule has 0 aliphatic carbocycles. The van der Waals surface area contributed by atoms with Crippen molar-refractivity contribution in [3.05, 3.63) is 28.8 Å². The quantitative estimate of drug-likeness (QED) is 0.930. The minimum Gasteiger partial charge on any atom is -0.481 e. The van der Waals surface area contributed by atoms with E-state index in [1.165, 1.54) is 0 Å². The first kappa shape index (κ1) is 16.1. The highest BCUT2D eigenvalue weighted by Crippen LogP contribution is 2.29.